The molecular formula is C12H16N2O4. The van der Waals surface area contributed by atoms with Crippen molar-refractivity contribution >= 4 is 17.7 Å². The van der Waals surface area contributed by atoms with E-state index >= 15 is 0 Å². The molecule has 0 saturated heterocycles. The van der Waals surface area contributed by atoms with Crippen LogP contribution in [0, 0.1) is 6.92 Å². The molecule has 0 aliphatic carbocycles. The highest BCUT2D eigenvalue weighted by molar-refractivity contribution is 5.92. The number of hydrogen-bond donors (Lipinski definition) is 4. The van der Waals surface area contributed by atoms with Gasteiger partial charge in [0.1, 0.15) is 6.04 Å². The average Bonchev–Trinajstić information content (AvgIpc) is 2.28. The average molecular weight is 252 g/mol. The summed E-state index contributed by atoms with van der Waals surface area (Å²) in [6, 6.07) is 5.43. The van der Waals surface area contributed by atoms with Crippen molar-refractivity contribution in [3.63, 3.8) is 0 Å². The van der Waals surface area contributed by atoms with Crippen LogP contribution in [0.5, 0.6) is 0 Å². The molecule has 1 unspecified atom stereocenters. The van der Waals surface area contributed by atoms with Crippen LogP contribution in [0.15, 0.2) is 24.3 Å². The molecular weight excluding hydrogens is 236 g/mol. The van der Waals surface area contributed by atoms with E-state index in [1.54, 1.807) is 18.2 Å². The molecule has 0 saturated carbocycles. The highest BCUT2D eigenvalue weighted by Gasteiger charge is 2.18. The van der Waals surface area contributed by atoms with Crippen LogP contribution in [-0.2, 0) is 4.79 Å². The monoisotopic (exact) mass is 252 g/mol. The summed E-state index contributed by atoms with van der Waals surface area (Å²) in [5, 5.41) is 22.3. The van der Waals surface area contributed by atoms with E-state index < -0.39 is 18.0 Å². The van der Waals surface area contributed by atoms with E-state index in [0.717, 1.165) is 5.56 Å². The number of aliphatic hydroxyl groups excluding tert-OH is 1. The number of carboxylic acids is 1. The molecule has 0 radical (unpaired) electrons. The maximum Gasteiger partial charge on any atom is 0.326 e. The first kappa shape index (κ1) is 14.0. The first-order chi connectivity index (χ1) is 8.52. The highest BCUT2D eigenvalue weighted by atomic mass is 16.4. The minimum atomic E-state index is -1.18. The molecule has 0 fully saturated rings. The minimum absolute atomic E-state index is 0.0312. The first-order valence-electron chi connectivity index (χ1n) is 5.51. The molecule has 0 aliphatic heterocycles. The Hall–Kier alpha value is -2.08. The van der Waals surface area contributed by atoms with Crippen molar-refractivity contribution in [3.8, 4) is 0 Å². The lowest BCUT2D eigenvalue weighted by molar-refractivity contribution is -0.139. The number of urea groups is 1. The van der Waals surface area contributed by atoms with Crippen LogP contribution < -0.4 is 10.6 Å². The number of carboxylic acid groups (broad SMARTS) is 1. The van der Waals surface area contributed by atoms with Gasteiger partial charge in [-0.1, -0.05) is 12.1 Å². The fourth-order valence-corrected chi connectivity index (χ4v) is 1.43. The van der Waals surface area contributed by atoms with Gasteiger partial charge in [0, 0.05) is 18.7 Å². The number of aliphatic carboxylic acids is 1. The van der Waals surface area contributed by atoms with E-state index in [4.69, 9.17) is 10.2 Å². The Morgan fingerprint density at radius 1 is 1.39 bits per heavy atom. The quantitative estimate of drug-likeness (QED) is 0.627. The van der Waals surface area contributed by atoms with Gasteiger partial charge in [0.15, 0.2) is 0 Å². The summed E-state index contributed by atoms with van der Waals surface area (Å²) in [4.78, 5) is 22.3. The van der Waals surface area contributed by atoms with Gasteiger partial charge in [0.05, 0.1) is 0 Å². The summed E-state index contributed by atoms with van der Waals surface area (Å²) in [6.45, 7) is 1.58. The van der Waals surface area contributed by atoms with Crippen LogP contribution in [0.3, 0.4) is 0 Å². The normalized spacial score (nSPS) is 11.7. The van der Waals surface area contributed by atoms with E-state index in [-0.39, 0.29) is 13.0 Å². The zero-order chi connectivity index (χ0) is 13.5. The largest absolute Gasteiger partial charge is 0.480 e. The molecule has 1 aromatic rings. The summed E-state index contributed by atoms with van der Waals surface area (Å²) < 4.78 is 0. The van der Waals surface area contributed by atoms with Gasteiger partial charge in [0.2, 0.25) is 0 Å². The summed E-state index contributed by atoms with van der Waals surface area (Å²) in [5.74, 6) is -1.18. The molecule has 0 bridgehead atoms. The van der Waals surface area contributed by atoms with Gasteiger partial charge in [-0.05, 0) is 24.6 Å². The number of benzene rings is 1. The molecule has 98 valence electrons. The predicted octanol–water partition coefficient (Wildman–Crippen LogP) is 0.952. The minimum Gasteiger partial charge on any atom is -0.480 e. The number of aliphatic hydroxyl groups is 1. The van der Waals surface area contributed by atoms with E-state index in [2.05, 4.69) is 10.6 Å². The van der Waals surface area contributed by atoms with E-state index in [9.17, 15) is 9.59 Å². The van der Waals surface area contributed by atoms with Crippen molar-refractivity contribution in [2.45, 2.75) is 19.4 Å². The van der Waals surface area contributed by atoms with Gasteiger partial charge in [-0.2, -0.15) is 0 Å². The second-order valence-corrected chi connectivity index (χ2v) is 3.87. The van der Waals surface area contributed by atoms with Gasteiger partial charge in [-0.25, -0.2) is 9.59 Å². The van der Waals surface area contributed by atoms with E-state index in [0.29, 0.717) is 5.69 Å². The molecule has 1 rings (SSSR count). The van der Waals surface area contributed by atoms with Gasteiger partial charge in [-0.3, -0.25) is 0 Å². The number of carbonyl (C=O) groups is 2. The number of anilines is 1. The molecule has 0 spiro atoms. The molecule has 0 aliphatic rings. The van der Waals surface area contributed by atoms with Gasteiger partial charge < -0.3 is 20.8 Å². The van der Waals surface area contributed by atoms with Crippen molar-refractivity contribution < 1.29 is 19.8 Å². The van der Waals surface area contributed by atoms with Crippen LogP contribution in [0.4, 0.5) is 10.5 Å². The van der Waals surface area contributed by atoms with Crippen LogP contribution in [-0.4, -0.2) is 34.9 Å². The summed E-state index contributed by atoms with van der Waals surface area (Å²) in [5.41, 5.74) is 1.57. The molecule has 0 heterocycles. The van der Waals surface area contributed by atoms with E-state index in [1.807, 2.05) is 13.0 Å². The standard InChI is InChI=1S/C12H16N2O4/c1-8-3-2-4-9(7-8)13-12(18)14-10(5-6-15)11(16)17/h2-4,7,10,15H,5-6H2,1H3,(H,16,17)(H2,13,14,18). The third kappa shape index (κ3) is 4.42. The van der Waals surface area contributed by atoms with Crippen LogP contribution in [0.1, 0.15) is 12.0 Å². The summed E-state index contributed by atoms with van der Waals surface area (Å²) >= 11 is 0. The molecule has 1 aromatic carbocycles. The second kappa shape index (κ2) is 6.61. The molecule has 18 heavy (non-hydrogen) atoms. The Morgan fingerprint density at radius 3 is 2.67 bits per heavy atom. The zero-order valence-corrected chi connectivity index (χ0v) is 10.0. The van der Waals surface area contributed by atoms with Crippen molar-refractivity contribution in [3.05, 3.63) is 29.8 Å². The molecule has 0 aromatic heterocycles. The Bertz CT molecular complexity index is 434. The van der Waals surface area contributed by atoms with Gasteiger partial charge in [-0.15, -0.1) is 0 Å². The number of amides is 2. The lowest BCUT2D eigenvalue weighted by Crippen LogP contribution is -2.43. The first-order valence-corrected chi connectivity index (χ1v) is 5.51. The number of hydrogen-bond acceptors (Lipinski definition) is 3. The maximum absolute atomic E-state index is 11.5. The fraction of sp³-hybridized carbons (Fsp3) is 0.333. The highest BCUT2D eigenvalue weighted by Crippen LogP contribution is 2.09. The predicted molar refractivity (Wildman–Crippen MR) is 66.5 cm³/mol. The molecule has 6 nitrogen and oxygen atoms in total. The number of nitrogens with one attached hydrogen (secondary N) is 2. The Morgan fingerprint density at radius 2 is 2.11 bits per heavy atom. The van der Waals surface area contributed by atoms with Crippen molar-refractivity contribution in [1.29, 1.82) is 0 Å². The fourth-order valence-electron chi connectivity index (χ4n) is 1.43. The molecule has 1 atom stereocenters. The summed E-state index contributed by atoms with van der Waals surface area (Å²) in [7, 11) is 0. The SMILES string of the molecule is Cc1cccc(NC(=O)NC(CCO)C(=O)O)c1. The Labute approximate surface area is 105 Å². The lowest BCUT2D eigenvalue weighted by Gasteiger charge is -2.14. The van der Waals surface area contributed by atoms with E-state index in [1.165, 1.54) is 0 Å². The maximum atomic E-state index is 11.5. The van der Waals surface area contributed by atoms with Crippen molar-refractivity contribution in [2.24, 2.45) is 0 Å². The van der Waals surface area contributed by atoms with Crippen molar-refractivity contribution in [1.82, 2.24) is 5.32 Å². The third-order valence-corrected chi connectivity index (χ3v) is 2.30. The van der Waals surface area contributed by atoms with Gasteiger partial charge >= 0.3 is 12.0 Å². The number of rotatable bonds is 5. The van der Waals surface area contributed by atoms with Gasteiger partial charge in [0.25, 0.3) is 0 Å². The van der Waals surface area contributed by atoms with Crippen molar-refractivity contribution in [2.75, 3.05) is 11.9 Å². The molecule has 6 heteroatoms. The topological polar surface area (TPSA) is 98.7 Å². The van der Waals surface area contributed by atoms with Crippen LogP contribution in [0.25, 0.3) is 0 Å². The Kier molecular flexibility index (Phi) is 5.13. The van der Waals surface area contributed by atoms with Crippen LogP contribution >= 0.6 is 0 Å². The zero-order valence-electron chi connectivity index (χ0n) is 10.0. The Balaban J connectivity index is 2.57. The lowest BCUT2D eigenvalue weighted by atomic mass is 10.2. The van der Waals surface area contributed by atoms with Crippen LogP contribution in [0.2, 0.25) is 0 Å². The number of carbonyl (C=O) groups excluding carboxylic acids is 1. The smallest absolute Gasteiger partial charge is 0.326 e. The summed E-state index contributed by atoms with van der Waals surface area (Å²) in [6.07, 6.45) is -0.0312. The third-order valence-electron chi connectivity index (χ3n) is 2.30. The second-order valence-electron chi connectivity index (χ2n) is 3.87. The number of aryl methyl sites for hydroxylation is 1. The molecule has 2 amide bonds. The molecule has 4 N–H and O–H groups in total.